The average molecular weight is 425 g/mol. The standard InChI is InChI=1S/C25H32N2O4/c1-4-6-7-14-20(28)23(30-3)18-12-10-13-19-22(18)26-24(27-25(19)29)17-11-8-9-15-21(17)31-16-5-2/h8-13,15,20,23,28H,4-7,14,16H2,1-3H3,(H,26,27,29). The minimum atomic E-state index is -0.674. The summed E-state index contributed by atoms with van der Waals surface area (Å²) in [7, 11) is 1.58. The van der Waals surface area contributed by atoms with Crippen molar-refractivity contribution >= 4 is 10.9 Å². The van der Waals surface area contributed by atoms with E-state index < -0.39 is 12.2 Å². The molecule has 0 aliphatic rings. The summed E-state index contributed by atoms with van der Waals surface area (Å²) in [5, 5.41) is 11.3. The number of para-hydroxylation sites is 2. The molecule has 2 N–H and O–H groups in total. The maximum absolute atomic E-state index is 12.9. The first-order valence-corrected chi connectivity index (χ1v) is 11.1. The maximum Gasteiger partial charge on any atom is 0.259 e. The third kappa shape index (κ3) is 5.32. The van der Waals surface area contributed by atoms with Gasteiger partial charge in [-0.05, 0) is 31.0 Å². The molecule has 0 fully saturated rings. The number of aromatic nitrogens is 2. The van der Waals surface area contributed by atoms with Crippen molar-refractivity contribution in [2.45, 2.75) is 58.2 Å². The van der Waals surface area contributed by atoms with Crippen LogP contribution < -0.4 is 10.3 Å². The van der Waals surface area contributed by atoms with Crippen molar-refractivity contribution in [3.63, 3.8) is 0 Å². The van der Waals surface area contributed by atoms with E-state index in [1.807, 2.05) is 37.3 Å². The van der Waals surface area contributed by atoms with Gasteiger partial charge in [-0.3, -0.25) is 4.79 Å². The van der Waals surface area contributed by atoms with E-state index in [1.54, 1.807) is 19.2 Å². The molecule has 0 aliphatic heterocycles. The first kappa shape index (κ1) is 23.0. The zero-order valence-electron chi connectivity index (χ0n) is 18.6. The van der Waals surface area contributed by atoms with Gasteiger partial charge in [0, 0.05) is 12.7 Å². The number of benzene rings is 2. The van der Waals surface area contributed by atoms with Crippen LogP contribution in [0.3, 0.4) is 0 Å². The summed E-state index contributed by atoms with van der Waals surface area (Å²) in [5.41, 5.74) is 1.74. The van der Waals surface area contributed by atoms with Crippen LogP contribution in [0.5, 0.6) is 5.75 Å². The molecule has 3 aromatic rings. The number of nitrogens with one attached hydrogen (secondary N) is 1. The van der Waals surface area contributed by atoms with Gasteiger partial charge in [-0.2, -0.15) is 0 Å². The summed E-state index contributed by atoms with van der Waals surface area (Å²) in [6.45, 7) is 4.75. The van der Waals surface area contributed by atoms with E-state index >= 15 is 0 Å². The quantitative estimate of drug-likeness (QED) is 0.423. The highest BCUT2D eigenvalue weighted by Crippen LogP contribution is 2.31. The van der Waals surface area contributed by atoms with Gasteiger partial charge in [-0.15, -0.1) is 0 Å². The van der Waals surface area contributed by atoms with Gasteiger partial charge in [0.05, 0.1) is 29.2 Å². The predicted octanol–water partition coefficient (Wildman–Crippen LogP) is 5.01. The van der Waals surface area contributed by atoms with Crippen LogP contribution >= 0.6 is 0 Å². The molecule has 0 aliphatic carbocycles. The molecule has 2 unspecified atom stereocenters. The van der Waals surface area contributed by atoms with Gasteiger partial charge >= 0.3 is 0 Å². The summed E-state index contributed by atoms with van der Waals surface area (Å²) in [4.78, 5) is 20.6. The normalized spacial score (nSPS) is 13.3. The van der Waals surface area contributed by atoms with Gasteiger partial charge in [0.15, 0.2) is 0 Å². The Kier molecular flexibility index (Phi) is 8.20. The highest BCUT2D eigenvalue weighted by molar-refractivity contribution is 5.83. The molecule has 6 heteroatoms. The van der Waals surface area contributed by atoms with E-state index in [9.17, 15) is 9.90 Å². The van der Waals surface area contributed by atoms with E-state index in [-0.39, 0.29) is 5.56 Å². The Morgan fingerprint density at radius 2 is 1.87 bits per heavy atom. The van der Waals surface area contributed by atoms with Crippen molar-refractivity contribution < 1.29 is 14.6 Å². The summed E-state index contributed by atoms with van der Waals surface area (Å²) in [5.74, 6) is 1.11. The largest absolute Gasteiger partial charge is 0.493 e. The molecule has 1 aromatic heterocycles. The van der Waals surface area contributed by atoms with Crippen LogP contribution in [0.2, 0.25) is 0 Å². The van der Waals surface area contributed by atoms with Crippen LogP contribution in [0.25, 0.3) is 22.3 Å². The molecule has 0 saturated heterocycles. The Bertz CT molecular complexity index is 1050. The molecule has 0 radical (unpaired) electrons. The van der Waals surface area contributed by atoms with Crippen LogP contribution in [0.4, 0.5) is 0 Å². The number of rotatable bonds is 11. The van der Waals surface area contributed by atoms with E-state index in [4.69, 9.17) is 14.5 Å². The summed E-state index contributed by atoms with van der Waals surface area (Å²) in [6.07, 6.45) is 3.33. The first-order valence-electron chi connectivity index (χ1n) is 11.1. The zero-order valence-corrected chi connectivity index (χ0v) is 18.6. The van der Waals surface area contributed by atoms with Crippen LogP contribution in [-0.4, -0.2) is 34.9 Å². The molecule has 2 aromatic carbocycles. The van der Waals surface area contributed by atoms with Crippen molar-refractivity contribution in [3.05, 3.63) is 58.4 Å². The van der Waals surface area contributed by atoms with Gasteiger partial charge in [-0.1, -0.05) is 57.4 Å². The number of unbranched alkanes of at least 4 members (excludes halogenated alkanes) is 2. The average Bonchev–Trinajstić information content (AvgIpc) is 2.79. The lowest BCUT2D eigenvalue weighted by Crippen LogP contribution is -2.22. The Morgan fingerprint density at radius 1 is 1.06 bits per heavy atom. The lowest BCUT2D eigenvalue weighted by atomic mass is 9.97. The predicted molar refractivity (Wildman–Crippen MR) is 123 cm³/mol. The minimum absolute atomic E-state index is 0.234. The molecule has 1 heterocycles. The molecule has 2 atom stereocenters. The molecule has 0 saturated carbocycles. The fourth-order valence-electron chi connectivity index (χ4n) is 3.79. The number of aromatic amines is 1. The van der Waals surface area contributed by atoms with Crippen molar-refractivity contribution in [1.82, 2.24) is 9.97 Å². The SMILES string of the molecule is CCCCCC(O)C(OC)c1cccc2c(=O)[nH]c(-c3ccccc3OCCC)nc12. The molecular formula is C25H32N2O4. The van der Waals surface area contributed by atoms with E-state index in [0.717, 1.165) is 31.2 Å². The van der Waals surface area contributed by atoms with E-state index in [0.29, 0.717) is 41.1 Å². The van der Waals surface area contributed by atoms with Crippen molar-refractivity contribution in [3.8, 4) is 17.1 Å². The second kappa shape index (κ2) is 11.1. The number of H-pyrrole nitrogens is 1. The summed E-state index contributed by atoms with van der Waals surface area (Å²) in [6, 6.07) is 12.9. The van der Waals surface area contributed by atoms with Gasteiger partial charge in [-0.25, -0.2) is 4.98 Å². The fraction of sp³-hybridized carbons (Fsp3) is 0.440. The fourth-order valence-corrected chi connectivity index (χ4v) is 3.79. The highest BCUT2D eigenvalue weighted by atomic mass is 16.5. The Labute approximate surface area is 183 Å². The maximum atomic E-state index is 12.9. The second-order valence-electron chi connectivity index (χ2n) is 7.72. The van der Waals surface area contributed by atoms with Gasteiger partial charge < -0.3 is 19.6 Å². The molecule has 166 valence electrons. The minimum Gasteiger partial charge on any atom is -0.493 e. The second-order valence-corrected chi connectivity index (χ2v) is 7.72. The lowest BCUT2D eigenvalue weighted by Gasteiger charge is -2.23. The highest BCUT2D eigenvalue weighted by Gasteiger charge is 2.24. The van der Waals surface area contributed by atoms with Crippen LogP contribution in [0.1, 0.15) is 57.6 Å². The number of aliphatic hydroxyl groups excluding tert-OH is 1. The Balaban J connectivity index is 2.08. The number of hydrogen-bond acceptors (Lipinski definition) is 5. The molecule has 0 amide bonds. The number of nitrogens with zero attached hydrogens (tertiary/aromatic N) is 1. The van der Waals surface area contributed by atoms with Gasteiger partial charge in [0.2, 0.25) is 0 Å². The van der Waals surface area contributed by atoms with Crippen molar-refractivity contribution in [1.29, 1.82) is 0 Å². The third-order valence-electron chi connectivity index (χ3n) is 5.38. The molecule has 0 bridgehead atoms. The van der Waals surface area contributed by atoms with Gasteiger partial charge in [0.25, 0.3) is 5.56 Å². The lowest BCUT2D eigenvalue weighted by molar-refractivity contribution is -0.0175. The van der Waals surface area contributed by atoms with Crippen LogP contribution in [0, 0.1) is 0 Å². The number of fused-ring (bicyclic) bond motifs is 1. The topological polar surface area (TPSA) is 84.4 Å². The molecule has 31 heavy (non-hydrogen) atoms. The zero-order chi connectivity index (χ0) is 22.2. The van der Waals surface area contributed by atoms with Crippen molar-refractivity contribution in [2.24, 2.45) is 0 Å². The van der Waals surface area contributed by atoms with Crippen LogP contribution in [0.15, 0.2) is 47.3 Å². The Hall–Kier alpha value is -2.70. The Morgan fingerprint density at radius 3 is 2.61 bits per heavy atom. The summed E-state index contributed by atoms with van der Waals surface area (Å²) < 4.78 is 11.5. The number of hydrogen-bond donors (Lipinski definition) is 2. The van der Waals surface area contributed by atoms with E-state index in [2.05, 4.69) is 11.9 Å². The number of ether oxygens (including phenoxy) is 2. The number of methoxy groups -OCH3 is 1. The number of aliphatic hydroxyl groups is 1. The molecular weight excluding hydrogens is 392 g/mol. The monoisotopic (exact) mass is 424 g/mol. The molecule has 6 nitrogen and oxygen atoms in total. The van der Waals surface area contributed by atoms with E-state index in [1.165, 1.54) is 0 Å². The smallest absolute Gasteiger partial charge is 0.259 e. The van der Waals surface area contributed by atoms with Gasteiger partial charge in [0.1, 0.15) is 17.7 Å². The molecule has 3 rings (SSSR count). The summed E-state index contributed by atoms with van der Waals surface area (Å²) >= 11 is 0. The third-order valence-corrected chi connectivity index (χ3v) is 5.38. The molecule has 0 spiro atoms. The van der Waals surface area contributed by atoms with Crippen molar-refractivity contribution in [2.75, 3.05) is 13.7 Å². The van der Waals surface area contributed by atoms with Crippen LogP contribution in [-0.2, 0) is 4.74 Å². The first-order chi connectivity index (χ1) is 15.1.